The van der Waals surface area contributed by atoms with Gasteiger partial charge in [0.2, 0.25) is 0 Å². The number of aromatic nitrogens is 2. The van der Waals surface area contributed by atoms with Crippen LogP contribution in [0.2, 0.25) is 5.02 Å². The number of aromatic amines is 1. The number of H-pyrrole nitrogens is 1. The molecule has 0 unspecified atom stereocenters. The quantitative estimate of drug-likeness (QED) is 0.266. The third kappa shape index (κ3) is 3.60. The van der Waals surface area contributed by atoms with Crippen LogP contribution in [0.5, 0.6) is 5.75 Å². The van der Waals surface area contributed by atoms with Crippen molar-refractivity contribution in [2.75, 3.05) is 11.1 Å². The van der Waals surface area contributed by atoms with Crippen LogP contribution in [0.1, 0.15) is 15.9 Å². The smallest absolute Gasteiger partial charge is 0.256 e. The highest BCUT2D eigenvalue weighted by Crippen LogP contribution is 2.29. The van der Waals surface area contributed by atoms with Gasteiger partial charge in [-0.05, 0) is 29.8 Å². The number of para-hydroxylation sites is 1. The van der Waals surface area contributed by atoms with E-state index >= 15 is 0 Å². The molecule has 1 heterocycles. The number of hydrogen-bond donors (Lipinski definition) is 5. The van der Waals surface area contributed by atoms with Crippen molar-refractivity contribution in [1.29, 1.82) is 0 Å². The normalized spacial score (nSPS) is 11.0. The summed E-state index contributed by atoms with van der Waals surface area (Å²) < 4.78 is 0. The van der Waals surface area contributed by atoms with E-state index in [0.29, 0.717) is 16.3 Å². The Hall–Kier alpha value is -3.52. The molecule has 0 saturated heterocycles. The Kier molecular flexibility index (Phi) is 4.76. The van der Waals surface area contributed by atoms with Crippen molar-refractivity contribution >= 4 is 46.7 Å². The number of phenolic OH excluding ortho intramolecular Hbond substituents is 1. The van der Waals surface area contributed by atoms with Crippen LogP contribution in [-0.4, -0.2) is 27.4 Å². The van der Waals surface area contributed by atoms with Gasteiger partial charge in [0.25, 0.3) is 5.91 Å². The molecule has 0 bridgehead atoms. The number of primary amides is 1. The Morgan fingerprint density at radius 3 is 2.77 bits per heavy atom. The second-order valence-electron chi connectivity index (χ2n) is 5.34. The van der Waals surface area contributed by atoms with Gasteiger partial charge in [0.05, 0.1) is 16.4 Å². The molecule has 3 rings (SSSR count). The summed E-state index contributed by atoms with van der Waals surface area (Å²) >= 11 is 6.11. The van der Waals surface area contributed by atoms with Crippen LogP contribution >= 0.6 is 11.6 Å². The lowest BCUT2D eigenvalue weighted by atomic mass is 10.2. The van der Waals surface area contributed by atoms with Crippen molar-refractivity contribution < 1.29 is 9.90 Å². The number of amides is 1. The first-order valence-electron chi connectivity index (χ1n) is 7.48. The minimum absolute atomic E-state index is 0.0628. The molecule has 0 radical (unpaired) electrons. The number of rotatable bonds is 5. The number of carbonyl (C=O) groups excluding carboxylic acids is 1. The summed E-state index contributed by atoms with van der Waals surface area (Å²) in [6, 6.07) is 11.7. The molecule has 0 aliphatic heterocycles. The van der Waals surface area contributed by atoms with E-state index in [1.165, 1.54) is 12.3 Å². The van der Waals surface area contributed by atoms with Crippen LogP contribution in [0.25, 0.3) is 0 Å². The Bertz CT molecular complexity index is 999. The monoisotopic (exact) mass is 370 g/mol. The maximum Gasteiger partial charge on any atom is 0.256 e. The molecule has 0 saturated carbocycles. The van der Waals surface area contributed by atoms with E-state index in [2.05, 4.69) is 20.5 Å². The largest absolute Gasteiger partial charge is 0.506 e. The fraction of sp³-hybridized carbons (Fsp3) is 0. The predicted molar refractivity (Wildman–Crippen MR) is 102 cm³/mol. The molecule has 132 valence electrons. The van der Waals surface area contributed by atoms with Gasteiger partial charge >= 0.3 is 0 Å². The number of aliphatic imine (C=N–C) groups is 1. The molecular weight excluding hydrogens is 356 g/mol. The first-order chi connectivity index (χ1) is 12.5. The minimum atomic E-state index is -0.708. The molecule has 1 aromatic heterocycles. The zero-order valence-electron chi connectivity index (χ0n) is 13.4. The summed E-state index contributed by atoms with van der Waals surface area (Å²) in [5.41, 5.74) is 12.5. The van der Waals surface area contributed by atoms with Crippen molar-refractivity contribution in [3.05, 3.63) is 58.6 Å². The fourth-order valence-corrected chi connectivity index (χ4v) is 2.41. The van der Waals surface area contributed by atoms with Gasteiger partial charge in [0.15, 0.2) is 5.82 Å². The van der Waals surface area contributed by atoms with Crippen LogP contribution in [0, 0.1) is 0 Å². The van der Waals surface area contributed by atoms with Gasteiger partial charge in [0, 0.05) is 6.21 Å². The number of nitrogen functional groups attached to an aromatic ring is 1. The molecule has 9 heteroatoms. The number of hydrogen-bond acceptors (Lipinski definition) is 6. The average molecular weight is 371 g/mol. The van der Waals surface area contributed by atoms with Crippen LogP contribution < -0.4 is 16.8 Å². The molecule has 0 aliphatic carbocycles. The summed E-state index contributed by atoms with van der Waals surface area (Å²) in [6.07, 6.45) is 1.43. The predicted octanol–water partition coefficient (Wildman–Crippen LogP) is 2.94. The van der Waals surface area contributed by atoms with Crippen molar-refractivity contribution in [3.63, 3.8) is 0 Å². The van der Waals surface area contributed by atoms with E-state index in [1.807, 2.05) is 0 Å². The van der Waals surface area contributed by atoms with Crippen molar-refractivity contribution in [3.8, 4) is 5.75 Å². The summed E-state index contributed by atoms with van der Waals surface area (Å²) in [6.45, 7) is 0. The molecule has 7 N–H and O–H groups in total. The first kappa shape index (κ1) is 17.3. The van der Waals surface area contributed by atoms with Gasteiger partial charge in [-0.1, -0.05) is 29.8 Å². The Morgan fingerprint density at radius 1 is 1.31 bits per heavy atom. The third-order valence-corrected chi connectivity index (χ3v) is 3.85. The van der Waals surface area contributed by atoms with Gasteiger partial charge in [-0.15, -0.1) is 0 Å². The van der Waals surface area contributed by atoms with Crippen molar-refractivity contribution in [2.45, 2.75) is 0 Å². The number of halogens is 1. The number of phenols is 1. The van der Waals surface area contributed by atoms with Crippen molar-refractivity contribution in [1.82, 2.24) is 10.2 Å². The Morgan fingerprint density at radius 2 is 2.08 bits per heavy atom. The Labute approximate surface area is 153 Å². The SMILES string of the molecule is NC(=O)c1c(N=Cc2ccc(N)c(O)c2)n[nH]c1Nc1ccccc1Cl. The number of nitrogens with zero attached hydrogens (tertiary/aromatic N) is 2. The summed E-state index contributed by atoms with van der Waals surface area (Å²) in [7, 11) is 0. The van der Waals surface area contributed by atoms with E-state index < -0.39 is 5.91 Å². The van der Waals surface area contributed by atoms with E-state index in [0.717, 1.165) is 0 Å². The molecule has 0 aliphatic rings. The lowest BCUT2D eigenvalue weighted by Crippen LogP contribution is -2.12. The molecule has 0 spiro atoms. The fourth-order valence-electron chi connectivity index (χ4n) is 2.22. The number of nitrogens with two attached hydrogens (primary N) is 2. The van der Waals surface area contributed by atoms with E-state index in [4.69, 9.17) is 23.1 Å². The second-order valence-corrected chi connectivity index (χ2v) is 5.75. The first-order valence-corrected chi connectivity index (χ1v) is 7.86. The van der Waals surface area contributed by atoms with Crippen LogP contribution in [0.3, 0.4) is 0 Å². The summed E-state index contributed by atoms with van der Waals surface area (Å²) in [5, 5.41) is 19.8. The van der Waals surface area contributed by atoms with Crippen molar-refractivity contribution in [2.24, 2.45) is 10.7 Å². The molecule has 0 atom stereocenters. The maximum absolute atomic E-state index is 11.8. The standard InChI is InChI=1S/C17H15ClN6O2/c18-10-3-1-2-4-12(10)22-17-14(15(20)26)16(23-24-17)21-8-9-5-6-11(19)13(25)7-9/h1-8,25H,19H2,(H2,20,26)(H2,22,23,24). The number of carbonyl (C=O) groups is 1. The molecule has 2 aromatic carbocycles. The zero-order chi connectivity index (χ0) is 18.7. The van der Waals surface area contributed by atoms with Gasteiger partial charge in [-0.2, -0.15) is 5.10 Å². The van der Waals surface area contributed by atoms with E-state index in [9.17, 15) is 9.90 Å². The van der Waals surface area contributed by atoms with Gasteiger partial charge < -0.3 is 21.9 Å². The highest BCUT2D eigenvalue weighted by atomic mass is 35.5. The Balaban J connectivity index is 1.92. The van der Waals surface area contributed by atoms with Gasteiger partial charge in [-0.25, -0.2) is 4.99 Å². The lowest BCUT2D eigenvalue weighted by molar-refractivity contribution is 0.100. The number of anilines is 3. The molecular formula is C17H15ClN6O2. The molecule has 8 nitrogen and oxygen atoms in total. The highest BCUT2D eigenvalue weighted by molar-refractivity contribution is 6.33. The van der Waals surface area contributed by atoms with Gasteiger partial charge in [-0.3, -0.25) is 9.89 Å². The summed E-state index contributed by atoms with van der Waals surface area (Å²) in [4.78, 5) is 16.0. The number of benzene rings is 2. The summed E-state index contributed by atoms with van der Waals surface area (Å²) in [5.74, 6) is -0.394. The van der Waals surface area contributed by atoms with Gasteiger partial charge in [0.1, 0.15) is 17.1 Å². The maximum atomic E-state index is 11.8. The average Bonchev–Trinajstić information content (AvgIpc) is 3.01. The molecule has 3 aromatic rings. The second kappa shape index (κ2) is 7.16. The zero-order valence-corrected chi connectivity index (χ0v) is 14.2. The molecule has 1 amide bonds. The minimum Gasteiger partial charge on any atom is -0.506 e. The lowest BCUT2D eigenvalue weighted by Gasteiger charge is -2.07. The van der Waals surface area contributed by atoms with E-state index in [1.54, 1.807) is 36.4 Å². The highest BCUT2D eigenvalue weighted by Gasteiger charge is 2.18. The van der Waals surface area contributed by atoms with Crippen LogP contribution in [-0.2, 0) is 0 Å². The molecule has 26 heavy (non-hydrogen) atoms. The van der Waals surface area contributed by atoms with Crippen LogP contribution in [0.4, 0.5) is 23.0 Å². The van der Waals surface area contributed by atoms with Crippen LogP contribution in [0.15, 0.2) is 47.5 Å². The number of aromatic hydroxyl groups is 1. The molecule has 0 fully saturated rings. The number of nitrogens with one attached hydrogen (secondary N) is 2. The van der Waals surface area contributed by atoms with E-state index in [-0.39, 0.29) is 28.6 Å². The third-order valence-electron chi connectivity index (χ3n) is 3.52. The topological polar surface area (TPSA) is 142 Å².